The van der Waals surface area contributed by atoms with Gasteiger partial charge in [-0.05, 0) is 67.2 Å². The third-order valence-electron chi connectivity index (χ3n) is 3.37. The van der Waals surface area contributed by atoms with Crippen LogP contribution in [0.1, 0.15) is 39.2 Å². The van der Waals surface area contributed by atoms with Crippen molar-refractivity contribution in [2.75, 3.05) is 0 Å². The van der Waals surface area contributed by atoms with Crippen molar-refractivity contribution in [3.63, 3.8) is 0 Å². The van der Waals surface area contributed by atoms with Crippen molar-refractivity contribution in [2.45, 2.75) is 44.8 Å². The summed E-state index contributed by atoms with van der Waals surface area (Å²) in [6.07, 6.45) is 0.534. The Balaban J connectivity index is 2.03. The average Bonchev–Trinajstić information content (AvgIpc) is 2.26. The molecule has 1 N–H and O–H groups in total. The van der Waals surface area contributed by atoms with Gasteiger partial charge in [0.1, 0.15) is 11.4 Å². The van der Waals surface area contributed by atoms with Crippen LogP contribution in [0.25, 0.3) is 0 Å². The number of carbonyl (C=O) groups excluding carboxylic acids is 1. The predicted octanol–water partition coefficient (Wildman–Crippen LogP) is 3.53. The van der Waals surface area contributed by atoms with E-state index < -0.39 is 17.0 Å². The van der Waals surface area contributed by atoms with Crippen LogP contribution in [0.4, 0.5) is 4.39 Å². The first-order valence-corrected chi connectivity index (χ1v) is 7.31. The average molecular weight is 345 g/mol. The summed E-state index contributed by atoms with van der Waals surface area (Å²) in [5, 5.41) is 10.4. The van der Waals surface area contributed by atoms with Crippen LogP contribution in [-0.4, -0.2) is 16.7 Å². The van der Waals surface area contributed by atoms with Crippen LogP contribution in [0.3, 0.4) is 0 Å². The SMILES string of the molecule is CC(C)(C)OC(=O)C1CC(O)(c2ccc(Br)c(F)c2)C1. The lowest BCUT2D eigenvalue weighted by molar-refractivity contribution is -0.176. The van der Waals surface area contributed by atoms with Crippen LogP contribution in [0.2, 0.25) is 0 Å². The van der Waals surface area contributed by atoms with Gasteiger partial charge in [0, 0.05) is 0 Å². The van der Waals surface area contributed by atoms with Crippen molar-refractivity contribution < 1.29 is 19.0 Å². The first-order chi connectivity index (χ1) is 9.11. The van der Waals surface area contributed by atoms with Crippen molar-refractivity contribution in [1.82, 2.24) is 0 Å². The molecule has 0 radical (unpaired) electrons. The molecule has 1 aromatic rings. The molecule has 0 atom stereocenters. The van der Waals surface area contributed by atoms with Crippen LogP contribution in [0, 0.1) is 11.7 Å². The van der Waals surface area contributed by atoms with E-state index in [0.29, 0.717) is 10.0 Å². The Morgan fingerprint density at radius 2 is 2.05 bits per heavy atom. The van der Waals surface area contributed by atoms with E-state index in [2.05, 4.69) is 15.9 Å². The van der Waals surface area contributed by atoms with Crippen molar-refractivity contribution in [3.8, 4) is 0 Å². The van der Waals surface area contributed by atoms with Gasteiger partial charge in [0.2, 0.25) is 0 Å². The highest BCUT2D eigenvalue weighted by molar-refractivity contribution is 9.10. The van der Waals surface area contributed by atoms with E-state index in [4.69, 9.17) is 4.74 Å². The third kappa shape index (κ3) is 3.20. The molecule has 1 saturated carbocycles. The fourth-order valence-corrected chi connectivity index (χ4v) is 2.58. The maximum absolute atomic E-state index is 13.5. The van der Waals surface area contributed by atoms with Gasteiger partial charge in [-0.15, -0.1) is 0 Å². The maximum Gasteiger partial charge on any atom is 0.309 e. The maximum atomic E-state index is 13.5. The van der Waals surface area contributed by atoms with Crippen LogP contribution in [0.15, 0.2) is 22.7 Å². The molecule has 1 aromatic carbocycles. The first-order valence-electron chi connectivity index (χ1n) is 6.51. The number of carbonyl (C=O) groups is 1. The summed E-state index contributed by atoms with van der Waals surface area (Å²) in [4.78, 5) is 11.9. The van der Waals surface area contributed by atoms with Gasteiger partial charge in [0.25, 0.3) is 0 Å². The topological polar surface area (TPSA) is 46.5 Å². The Labute approximate surface area is 126 Å². The minimum absolute atomic E-state index is 0.267. The van der Waals surface area contributed by atoms with Crippen molar-refractivity contribution >= 4 is 21.9 Å². The minimum Gasteiger partial charge on any atom is -0.460 e. The highest BCUT2D eigenvalue weighted by Crippen LogP contribution is 2.46. The molecule has 5 heteroatoms. The molecule has 0 aliphatic heterocycles. The van der Waals surface area contributed by atoms with E-state index in [9.17, 15) is 14.3 Å². The quantitative estimate of drug-likeness (QED) is 0.835. The van der Waals surface area contributed by atoms with E-state index in [0.717, 1.165) is 0 Å². The number of esters is 1. The summed E-state index contributed by atoms with van der Waals surface area (Å²) in [5.41, 5.74) is -1.17. The van der Waals surface area contributed by atoms with Crippen LogP contribution in [-0.2, 0) is 15.1 Å². The highest BCUT2D eigenvalue weighted by Gasteiger charge is 2.48. The second-order valence-corrected chi connectivity index (χ2v) is 7.15. The van der Waals surface area contributed by atoms with Gasteiger partial charge in [-0.25, -0.2) is 4.39 Å². The minimum atomic E-state index is -1.14. The second kappa shape index (κ2) is 5.11. The van der Waals surface area contributed by atoms with Crippen molar-refractivity contribution in [1.29, 1.82) is 0 Å². The van der Waals surface area contributed by atoms with Gasteiger partial charge < -0.3 is 9.84 Å². The van der Waals surface area contributed by atoms with Crippen molar-refractivity contribution in [2.24, 2.45) is 5.92 Å². The van der Waals surface area contributed by atoms with Crippen molar-refractivity contribution in [3.05, 3.63) is 34.1 Å². The lowest BCUT2D eigenvalue weighted by Crippen LogP contribution is -2.46. The normalized spacial score (nSPS) is 26.0. The Morgan fingerprint density at radius 3 is 2.55 bits per heavy atom. The zero-order chi connectivity index (χ0) is 15.1. The Bertz CT molecular complexity index is 530. The van der Waals surface area contributed by atoms with E-state index in [1.807, 2.05) is 0 Å². The van der Waals surface area contributed by atoms with Gasteiger partial charge in [-0.1, -0.05) is 6.07 Å². The number of ether oxygens (including phenoxy) is 1. The molecule has 2 rings (SSSR count). The summed E-state index contributed by atoms with van der Waals surface area (Å²) in [7, 11) is 0. The summed E-state index contributed by atoms with van der Waals surface area (Å²) in [5.74, 6) is -1.05. The van der Waals surface area contributed by atoms with E-state index in [-0.39, 0.29) is 24.7 Å². The van der Waals surface area contributed by atoms with E-state index in [1.54, 1.807) is 32.9 Å². The summed E-state index contributed by atoms with van der Waals surface area (Å²) >= 11 is 3.07. The zero-order valence-electron chi connectivity index (χ0n) is 11.7. The van der Waals surface area contributed by atoms with Gasteiger partial charge in [0.15, 0.2) is 0 Å². The molecule has 3 nitrogen and oxygen atoms in total. The van der Waals surface area contributed by atoms with Crippen LogP contribution in [0.5, 0.6) is 0 Å². The Kier molecular flexibility index (Phi) is 3.95. The largest absolute Gasteiger partial charge is 0.460 e. The highest BCUT2D eigenvalue weighted by atomic mass is 79.9. The fraction of sp³-hybridized carbons (Fsp3) is 0.533. The molecule has 0 heterocycles. The molecule has 0 saturated heterocycles. The van der Waals surface area contributed by atoms with E-state index in [1.165, 1.54) is 6.07 Å². The zero-order valence-corrected chi connectivity index (χ0v) is 13.3. The first kappa shape index (κ1) is 15.4. The molecule has 1 fully saturated rings. The number of benzene rings is 1. The molecule has 0 spiro atoms. The Morgan fingerprint density at radius 1 is 1.45 bits per heavy atom. The van der Waals surface area contributed by atoms with Gasteiger partial charge in [0.05, 0.1) is 16.0 Å². The van der Waals surface area contributed by atoms with E-state index >= 15 is 0 Å². The standard InChI is InChI=1S/C15H18BrFO3/c1-14(2,3)20-13(18)9-7-15(19,8-9)10-4-5-11(16)12(17)6-10/h4-6,9,19H,7-8H2,1-3H3. The number of hydrogen-bond donors (Lipinski definition) is 1. The molecule has 110 valence electrons. The van der Waals surface area contributed by atoms with Gasteiger partial charge in [-0.2, -0.15) is 0 Å². The molecule has 0 aromatic heterocycles. The molecular weight excluding hydrogens is 327 g/mol. The third-order valence-corrected chi connectivity index (χ3v) is 4.01. The van der Waals surface area contributed by atoms with Gasteiger partial charge in [-0.3, -0.25) is 4.79 Å². The molecule has 1 aliphatic rings. The number of rotatable bonds is 2. The molecule has 0 unspecified atom stereocenters. The number of hydrogen-bond acceptors (Lipinski definition) is 3. The number of halogens is 2. The smallest absolute Gasteiger partial charge is 0.309 e. The fourth-order valence-electron chi connectivity index (χ4n) is 2.33. The second-order valence-electron chi connectivity index (χ2n) is 6.30. The lowest BCUT2D eigenvalue weighted by atomic mass is 9.67. The molecule has 0 amide bonds. The summed E-state index contributed by atoms with van der Waals surface area (Å²) in [6, 6.07) is 4.53. The van der Waals surface area contributed by atoms with Crippen LogP contribution < -0.4 is 0 Å². The lowest BCUT2D eigenvalue weighted by Gasteiger charge is -2.43. The molecule has 1 aliphatic carbocycles. The molecule has 0 bridgehead atoms. The summed E-state index contributed by atoms with van der Waals surface area (Å²) < 4.78 is 19.1. The molecular formula is C15H18BrFO3. The molecule has 20 heavy (non-hydrogen) atoms. The number of aliphatic hydroxyl groups is 1. The predicted molar refractivity (Wildman–Crippen MR) is 76.6 cm³/mol. The van der Waals surface area contributed by atoms with Gasteiger partial charge >= 0.3 is 5.97 Å². The van der Waals surface area contributed by atoms with Crippen LogP contribution >= 0.6 is 15.9 Å². The summed E-state index contributed by atoms with van der Waals surface area (Å²) in [6.45, 7) is 5.42. The monoisotopic (exact) mass is 344 g/mol. The Hall–Kier alpha value is -0.940.